The van der Waals surface area contributed by atoms with E-state index >= 15 is 0 Å². The summed E-state index contributed by atoms with van der Waals surface area (Å²) < 4.78 is 12.7. The zero-order valence-corrected chi connectivity index (χ0v) is 9.88. The van der Waals surface area contributed by atoms with Gasteiger partial charge in [-0.2, -0.15) is 0 Å². The van der Waals surface area contributed by atoms with Crippen molar-refractivity contribution in [3.63, 3.8) is 0 Å². The molecule has 0 saturated heterocycles. The van der Waals surface area contributed by atoms with Crippen molar-refractivity contribution in [2.24, 2.45) is 0 Å². The minimum atomic E-state index is -0.547. The van der Waals surface area contributed by atoms with E-state index in [0.717, 1.165) is 0 Å². The lowest BCUT2D eigenvalue weighted by Crippen LogP contribution is -2.04. The zero-order valence-electron chi connectivity index (χ0n) is 9.88. The number of ketones is 1. The Kier molecular flexibility index (Phi) is 3.66. The molecule has 4 nitrogen and oxygen atoms in total. The van der Waals surface area contributed by atoms with Crippen molar-refractivity contribution in [3.8, 4) is 0 Å². The smallest absolute Gasteiger partial charge is 0.270 e. The molecule has 5 heteroatoms. The van der Waals surface area contributed by atoms with Gasteiger partial charge in [0.25, 0.3) is 5.69 Å². The first-order valence-electron chi connectivity index (χ1n) is 5.58. The fourth-order valence-electron chi connectivity index (χ4n) is 1.68. The first-order valence-corrected chi connectivity index (χ1v) is 5.58. The van der Waals surface area contributed by atoms with Gasteiger partial charge in [0, 0.05) is 24.1 Å². The number of nitrogens with zero attached hydrogens (tertiary/aromatic N) is 1. The highest BCUT2D eigenvalue weighted by Crippen LogP contribution is 2.15. The van der Waals surface area contributed by atoms with Crippen LogP contribution in [0.5, 0.6) is 0 Å². The molecule has 0 saturated carbocycles. The van der Waals surface area contributed by atoms with Gasteiger partial charge in [-0.1, -0.05) is 24.3 Å². The van der Waals surface area contributed by atoms with Gasteiger partial charge in [-0.3, -0.25) is 14.9 Å². The van der Waals surface area contributed by atoms with Gasteiger partial charge in [-0.25, -0.2) is 4.39 Å². The summed E-state index contributed by atoms with van der Waals surface area (Å²) in [6, 6.07) is 11.1. The zero-order chi connectivity index (χ0) is 13.8. The van der Waals surface area contributed by atoms with Crippen molar-refractivity contribution in [2.45, 2.75) is 6.42 Å². The van der Waals surface area contributed by atoms with Crippen LogP contribution in [0.15, 0.2) is 48.5 Å². The van der Waals surface area contributed by atoms with E-state index < -0.39 is 4.92 Å². The molecule has 96 valence electrons. The molecule has 0 spiro atoms. The van der Waals surface area contributed by atoms with Gasteiger partial charge in [-0.05, 0) is 17.7 Å². The third-order valence-corrected chi connectivity index (χ3v) is 2.66. The third kappa shape index (κ3) is 3.22. The van der Waals surface area contributed by atoms with E-state index in [1.54, 1.807) is 0 Å². The van der Waals surface area contributed by atoms with Crippen LogP contribution in [0, 0.1) is 15.9 Å². The molecule has 0 fully saturated rings. The second-order valence-electron chi connectivity index (χ2n) is 4.03. The number of benzene rings is 2. The first-order chi connectivity index (χ1) is 9.06. The van der Waals surface area contributed by atoms with Gasteiger partial charge >= 0.3 is 0 Å². The van der Waals surface area contributed by atoms with Crippen molar-refractivity contribution in [2.75, 3.05) is 0 Å². The molecule has 0 radical (unpaired) electrons. The molecule has 2 rings (SSSR count). The quantitative estimate of drug-likeness (QED) is 0.481. The number of Topliss-reactive ketones (excluding diaryl/α,β-unsaturated/α-hetero) is 1. The molecule has 0 aliphatic heterocycles. The summed E-state index contributed by atoms with van der Waals surface area (Å²) in [5.74, 6) is -0.609. The monoisotopic (exact) mass is 259 g/mol. The number of nitro groups is 1. The van der Waals surface area contributed by atoms with Crippen LogP contribution in [-0.2, 0) is 6.42 Å². The lowest BCUT2D eigenvalue weighted by molar-refractivity contribution is -0.384. The van der Waals surface area contributed by atoms with E-state index in [1.807, 2.05) is 0 Å². The summed E-state index contributed by atoms with van der Waals surface area (Å²) in [5, 5.41) is 10.6. The maximum atomic E-state index is 12.7. The minimum Gasteiger partial charge on any atom is -0.294 e. The number of non-ortho nitro benzene ring substituents is 1. The number of nitro benzene ring substituents is 1. The van der Waals surface area contributed by atoms with E-state index in [-0.39, 0.29) is 29.3 Å². The number of hydrogen-bond acceptors (Lipinski definition) is 3. The van der Waals surface area contributed by atoms with Gasteiger partial charge < -0.3 is 0 Å². The largest absolute Gasteiger partial charge is 0.294 e. The molecule has 0 heterocycles. The molecule has 0 aromatic heterocycles. The highest BCUT2D eigenvalue weighted by atomic mass is 19.1. The van der Waals surface area contributed by atoms with Crippen LogP contribution < -0.4 is 0 Å². The van der Waals surface area contributed by atoms with E-state index in [0.29, 0.717) is 5.56 Å². The van der Waals surface area contributed by atoms with Crippen LogP contribution in [0.1, 0.15) is 15.9 Å². The fraction of sp³-hybridized carbons (Fsp3) is 0.0714. The van der Waals surface area contributed by atoms with Crippen molar-refractivity contribution in [1.29, 1.82) is 0 Å². The number of halogens is 1. The number of carbonyl (C=O) groups excluding carboxylic acids is 1. The molecule has 0 N–H and O–H groups in total. The average Bonchev–Trinajstić information content (AvgIpc) is 2.41. The predicted molar refractivity (Wildman–Crippen MR) is 67.5 cm³/mol. The molecule has 2 aromatic rings. The van der Waals surface area contributed by atoms with Gasteiger partial charge in [0.2, 0.25) is 0 Å². The Balaban J connectivity index is 2.18. The van der Waals surface area contributed by atoms with Crippen molar-refractivity contribution in [3.05, 3.63) is 75.6 Å². The van der Waals surface area contributed by atoms with Crippen molar-refractivity contribution < 1.29 is 14.1 Å². The van der Waals surface area contributed by atoms with Crippen molar-refractivity contribution in [1.82, 2.24) is 0 Å². The molecular formula is C14H10FNO3. The highest BCUT2D eigenvalue weighted by Gasteiger charge is 2.12. The van der Waals surface area contributed by atoms with E-state index in [4.69, 9.17) is 0 Å². The number of rotatable bonds is 4. The SMILES string of the molecule is O=C(Cc1ccc(F)cc1)c1cccc([N+](=O)[O-])c1. The summed E-state index contributed by atoms with van der Waals surface area (Å²) in [6.07, 6.45) is 0.0848. The Morgan fingerprint density at radius 3 is 2.47 bits per heavy atom. The van der Waals surface area contributed by atoms with Crippen LogP contribution in [-0.4, -0.2) is 10.7 Å². The second-order valence-corrected chi connectivity index (χ2v) is 4.03. The summed E-state index contributed by atoms with van der Waals surface area (Å²) in [7, 11) is 0. The molecule has 0 amide bonds. The molecule has 0 atom stereocenters. The van der Waals surface area contributed by atoms with E-state index in [1.165, 1.54) is 48.5 Å². The topological polar surface area (TPSA) is 60.2 Å². The van der Waals surface area contributed by atoms with Crippen LogP contribution in [0.25, 0.3) is 0 Å². The Hall–Kier alpha value is -2.56. The van der Waals surface area contributed by atoms with Crippen molar-refractivity contribution >= 4 is 11.5 Å². The maximum absolute atomic E-state index is 12.7. The Bertz CT molecular complexity index is 623. The Morgan fingerprint density at radius 1 is 1.16 bits per heavy atom. The molecule has 2 aromatic carbocycles. The Labute approximate surface area is 108 Å². The summed E-state index contributed by atoms with van der Waals surface area (Å²) in [5.41, 5.74) is 0.821. The predicted octanol–water partition coefficient (Wildman–Crippen LogP) is 3.16. The highest BCUT2D eigenvalue weighted by molar-refractivity contribution is 5.98. The Morgan fingerprint density at radius 2 is 1.84 bits per heavy atom. The standard InChI is InChI=1S/C14H10FNO3/c15-12-6-4-10(5-7-12)8-14(17)11-2-1-3-13(9-11)16(18)19/h1-7,9H,8H2. The van der Waals surface area contributed by atoms with Crippen LogP contribution >= 0.6 is 0 Å². The first kappa shape index (κ1) is 12.9. The van der Waals surface area contributed by atoms with E-state index in [2.05, 4.69) is 0 Å². The lowest BCUT2D eigenvalue weighted by Gasteiger charge is -2.01. The summed E-state index contributed by atoms with van der Waals surface area (Å²) in [4.78, 5) is 22.0. The van der Waals surface area contributed by atoms with Crippen LogP contribution in [0.2, 0.25) is 0 Å². The average molecular weight is 259 g/mol. The van der Waals surface area contributed by atoms with E-state index in [9.17, 15) is 19.3 Å². The van der Waals surface area contributed by atoms with Crippen LogP contribution in [0.3, 0.4) is 0 Å². The normalized spacial score (nSPS) is 10.2. The summed E-state index contributed by atoms with van der Waals surface area (Å²) >= 11 is 0. The summed E-state index contributed by atoms with van der Waals surface area (Å²) in [6.45, 7) is 0. The molecular weight excluding hydrogens is 249 g/mol. The molecule has 0 aliphatic rings. The van der Waals surface area contributed by atoms with Crippen LogP contribution in [0.4, 0.5) is 10.1 Å². The molecule has 0 aliphatic carbocycles. The maximum Gasteiger partial charge on any atom is 0.270 e. The van der Waals surface area contributed by atoms with Gasteiger partial charge in [0.15, 0.2) is 5.78 Å². The second kappa shape index (κ2) is 5.39. The molecule has 0 bridgehead atoms. The van der Waals surface area contributed by atoms with Gasteiger partial charge in [-0.15, -0.1) is 0 Å². The number of carbonyl (C=O) groups is 1. The molecule has 0 unspecified atom stereocenters. The number of hydrogen-bond donors (Lipinski definition) is 0. The third-order valence-electron chi connectivity index (χ3n) is 2.66. The fourth-order valence-corrected chi connectivity index (χ4v) is 1.68. The van der Waals surface area contributed by atoms with Gasteiger partial charge in [0.05, 0.1) is 4.92 Å². The molecule has 19 heavy (non-hydrogen) atoms. The lowest BCUT2D eigenvalue weighted by atomic mass is 10.0. The minimum absolute atomic E-state index is 0.0848. The van der Waals surface area contributed by atoms with Gasteiger partial charge in [0.1, 0.15) is 5.82 Å².